The van der Waals surface area contributed by atoms with Crippen LogP contribution in [-0.4, -0.2) is 42.8 Å². The summed E-state index contributed by atoms with van der Waals surface area (Å²) in [5.74, 6) is -1.08. The summed E-state index contributed by atoms with van der Waals surface area (Å²) in [6.45, 7) is 0.974. The number of carbonyl (C=O) groups is 1. The second kappa shape index (κ2) is 3.95. The van der Waals surface area contributed by atoms with E-state index in [0.29, 0.717) is 12.1 Å². The first kappa shape index (κ1) is 11.0. The number of rotatable bonds is 3. The quantitative estimate of drug-likeness (QED) is 0.657. The van der Waals surface area contributed by atoms with Crippen molar-refractivity contribution in [2.75, 3.05) is 12.4 Å². The lowest BCUT2D eigenvalue weighted by Crippen LogP contribution is -2.18. The van der Waals surface area contributed by atoms with Gasteiger partial charge in [-0.3, -0.25) is 0 Å². The number of hydrogen-bond donors (Lipinski definition) is 1. The standard InChI is InChI=1S/C7H11NO5S/c1-5-6(2-3-14(5,11)12)8-13-4-7(9)10/h5H,2-4H2,1H3,(H,9,10)/b8-6-. The molecule has 1 aliphatic heterocycles. The molecule has 0 aliphatic carbocycles. The number of carboxylic acids is 1. The Morgan fingerprint density at radius 2 is 2.36 bits per heavy atom. The van der Waals surface area contributed by atoms with Crippen LogP contribution < -0.4 is 0 Å². The largest absolute Gasteiger partial charge is 0.479 e. The molecule has 1 atom stereocenters. The van der Waals surface area contributed by atoms with E-state index in [1.807, 2.05) is 0 Å². The first-order valence-corrected chi connectivity index (χ1v) is 5.77. The minimum absolute atomic E-state index is 0.0590. The van der Waals surface area contributed by atoms with Crippen LogP contribution in [-0.2, 0) is 19.5 Å². The van der Waals surface area contributed by atoms with E-state index in [-0.39, 0.29) is 5.75 Å². The third-order valence-corrected chi connectivity index (χ3v) is 4.14. The molecule has 1 aliphatic rings. The molecule has 14 heavy (non-hydrogen) atoms. The molecule has 0 bridgehead atoms. The van der Waals surface area contributed by atoms with Crippen molar-refractivity contribution in [3.05, 3.63) is 0 Å². The second-order valence-corrected chi connectivity index (χ2v) is 5.45. The molecule has 0 saturated carbocycles. The fourth-order valence-electron chi connectivity index (χ4n) is 1.12. The van der Waals surface area contributed by atoms with E-state index >= 15 is 0 Å². The monoisotopic (exact) mass is 221 g/mol. The fraction of sp³-hybridized carbons (Fsp3) is 0.714. The zero-order valence-corrected chi connectivity index (χ0v) is 8.45. The number of sulfone groups is 1. The normalized spacial score (nSPS) is 27.8. The Balaban J connectivity index is 2.59. The van der Waals surface area contributed by atoms with Gasteiger partial charge in [-0.2, -0.15) is 0 Å². The lowest BCUT2D eigenvalue weighted by molar-refractivity contribution is -0.142. The highest BCUT2D eigenvalue weighted by atomic mass is 32.2. The van der Waals surface area contributed by atoms with Gasteiger partial charge >= 0.3 is 5.97 Å². The maximum Gasteiger partial charge on any atom is 0.344 e. The molecule has 80 valence electrons. The molecule has 0 spiro atoms. The fourth-order valence-corrected chi connectivity index (χ4v) is 2.55. The minimum atomic E-state index is -3.08. The summed E-state index contributed by atoms with van der Waals surface area (Å²) >= 11 is 0. The Morgan fingerprint density at radius 3 is 2.79 bits per heavy atom. The van der Waals surface area contributed by atoms with Crippen molar-refractivity contribution in [2.24, 2.45) is 5.16 Å². The second-order valence-electron chi connectivity index (χ2n) is 3.01. The molecule has 0 amide bonds. The van der Waals surface area contributed by atoms with Crippen LogP contribution in [0.25, 0.3) is 0 Å². The first-order valence-electron chi connectivity index (χ1n) is 4.05. The Hall–Kier alpha value is -1.11. The van der Waals surface area contributed by atoms with Gasteiger partial charge in [-0.15, -0.1) is 0 Å². The number of hydrogen-bond acceptors (Lipinski definition) is 5. The van der Waals surface area contributed by atoms with Crippen molar-refractivity contribution in [1.82, 2.24) is 0 Å². The highest BCUT2D eigenvalue weighted by molar-refractivity contribution is 7.93. The zero-order chi connectivity index (χ0) is 10.8. The van der Waals surface area contributed by atoms with Crippen LogP contribution in [0, 0.1) is 0 Å². The Bertz CT molecular complexity index is 358. The smallest absolute Gasteiger partial charge is 0.344 e. The SMILES string of the molecule is CC1/C(=N\OCC(=O)O)CCS1(=O)=O. The summed E-state index contributed by atoms with van der Waals surface area (Å²) in [4.78, 5) is 14.5. The average Bonchev–Trinajstić information content (AvgIpc) is 2.31. The van der Waals surface area contributed by atoms with Crippen LogP contribution in [0.15, 0.2) is 5.16 Å². The molecule has 0 aromatic carbocycles. The molecule has 1 fully saturated rings. The Kier molecular flexibility index (Phi) is 3.10. The zero-order valence-electron chi connectivity index (χ0n) is 7.63. The van der Waals surface area contributed by atoms with Gasteiger partial charge < -0.3 is 9.94 Å². The Labute approximate surface area is 81.5 Å². The van der Waals surface area contributed by atoms with Crippen molar-refractivity contribution in [1.29, 1.82) is 0 Å². The van der Waals surface area contributed by atoms with Crippen molar-refractivity contribution in [2.45, 2.75) is 18.6 Å². The number of aliphatic carboxylic acids is 1. The maximum atomic E-state index is 11.2. The third-order valence-electron chi connectivity index (χ3n) is 2.02. The molecule has 7 heteroatoms. The third kappa shape index (κ3) is 2.44. The lowest BCUT2D eigenvalue weighted by atomic mass is 10.2. The molecule has 1 rings (SSSR count). The van der Waals surface area contributed by atoms with E-state index < -0.39 is 27.7 Å². The number of nitrogens with zero attached hydrogens (tertiary/aromatic N) is 1. The van der Waals surface area contributed by atoms with Gasteiger partial charge in [-0.05, 0) is 6.92 Å². The van der Waals surface area contributed by atoms with E-state index in [9.17, 15) is 13.2 Å². The molecule has 0 aromatic rings. The van der Waals surface area contributed by atoms with E-state index in [4.69, 9.17) is 5.11 Å². The highest BCUT2D eigenvalue weighted by Crippen LogP contribution is 2.17. The van der Waals surface area contributed by atoms with Crippen LogP contribution in [0.5, 0.6) is 0 Å². The summed E-state index contributed by atoms with van der Waals surface area (Å²) in [7, 11) is -3.08. The van der Waals surface area contributed by atoms with Gasteiger partial charge in [0.05, 0.1) is 11.5 Å². The summed E-state index contributed by atoms with van der Waals surface area (Å²) in [6, 6.07) is 0. The van der Waals surface area contributed by atoms with Gasteiger partial charge in [0.25, 0.3) is 0 Å². The number of oxime groups is 1. The van der Waals surface area contributed by atoms with Crippen molar-refractivity contribution >= 4 is 21.5 Å². The molecule has 1 N–H and O–H groups in total. The van der Waals surface area contributed by atoms with E-state index in [1.54, 1.807) is 0 Å². The van der Waals surface area contributed by atoms with E-state index in [1.165, 1.54) is 6.92 Å². The molecule has 1 saturated heterocycles. The molecule has 6 nitrogen and oxygen atoms in total. The summed E-state index contributed by atoms with van der Waals surface area (Å²) < 4.78 is 22.4. The minimum Gasteiger partial charge on any atom is -0.479 e. The first-order chi connectivity index (χ1) is 6.43. The summed E-state index contributed by atoms with van der Waals surface area (Å²) in [5.41, 5.74) is 0.395. The van der Waals surface area contributed by atoms with Crippen molar-refractivity contribution < 1.29 is 23.2 Å². The highest BCUT2D eigenvalue weighted by Gasteiger charge is 2.33. The summed E-state index contributed by atoms with van der Waals surface area (Å²) in [5, 5.41) is 11.1. The van der Waals surface area contributed by atoms with Crippen LogP contribution >= 0.6 is 0 Å². The number of carboxylic acid groups (broad SMARTS) is 1. The molecular formula is C7H11NO5S. The van der Waals surface area contributed by atoms with Gasteiger partial charge in [0, 0.05) is 6.42 Å². The van der Waals surface area contributed by atoms with Crippen LogP contribution in [0.3, 0.4) is 0 Å². The van der Waals surface area contributed by atoms with Gasteiger partial charge in [0.2, 0.25) is 6.61 Å². The Morgan fingerprint density at radius 1 is 1.71 bits per heavy atom. The van der Waals surface area contributed by atoms with E-state index in [0.717, 1.165) is 0 Å². The topological polar surface area (TPSA) is 93.0 Å². The van der Waals surface area contributed by atoms with Gasteiger partial charge in [0.1, 0.15) is 5.25 Å². The molecule has 1 unspecified atom stereocenters. The average molecular weight is 221 g/mol. The van der Waals surface area contributed by atoms with Gasteiger partial charge in [-0.25, -0.2) is 13.2 Å². The molecular weight excluding hydrogens is 210 g/mol. The van der Waals surface area contributed by atoms with Crippen LogP contribution in [0.2, 0.25) is 0 Å². The molecule has 0 aromatic heterocycles. The molecule has 0 radical (unpaired) electrons. The van der Waals surface area contributed by atoms with Crippen molar-refractivity contribution in [3.63, 3.8) is 0 Å². The predicted octanol–water partition coefficient (Wildman–Crippen LogP) is -0.349. The van der Waals surface area contributed by atoms with E-state index in [2.05, 4.69) is 9.99 Å². The summed E-state index contributed by atoms with van der Waals surface area (Å²) in [6.07, 6.45) is 0.323. The maximum absolute atomic E-state index is 11.2. The molecule has 1 heterocycles. The van der Waals surface area contributed by atoms with Crippen molar-refractivity contribution in [3.8, 4) is 0 Å². The van der Waals surface area contributed by atoms with Crippen LogP contribution in [0.4, 0.5) is 0 Å². The van der Waals surface area contributed by atoms with Gasteiger partial charge in [0.15, 0.2) is 9.84 Å². The predicted molar refractivity (Wildman–Crippen MR) is 48.9 cm³/mol. The van der Waals surface area contributed by atoms with Crippen LogP contribution in [0.1, 0.15) is 13.3 Å². The lowest BCUT2D eigenvalue weighted by Gasteiger charge is -2.01. The van der Waals surface area contributed by atoms with Gasteiger partial charge in [-0.1, -0.05) is 5.16 Å².